The summed E-state index contributed by atoms with van der Waals surface area (Å²) in [6, 6.07) is 11.4. The SMILES string of the molecule is CC(C)CCNC(=O)[C@]1(C)Cn2nc(C(=O)NC[C@H](C)c3ccccc3)cc2C(=O)N1C. The highest BCUT2D eigenvalue weighted by Crippen LogP contribution is 2.26. The molecular weight excluding hydrogens is 406 g/mol. The first-order chi connectivity index (χ1) is 15.1. The zero-order valence-electron chi connectivity index (χ0n) is 19.5. The van der Waals surface area contributed by atoms with Gasteiger partial charge in [0.05, 0.1) is 6.54 Å². The molecule has 0 bridgehead atoms. The Morgan fingerprint density at radius 3 is 2.50 bits per heavy atom. The molecule has 0 unspecified atom stereocenters. The maximum absolute atomic E-state index is 13.0. The molecule has 1 aliphatic rings. The molecule has 172 valence electrons. The number of likely N-dealkylation sites (N-methyl/N-ethyl adjacent to an activating group) is 1. The molecule has 1 aliphatic heterocycles. The summed E-state index contributed by atoms with van der Waals surface area (Å²) < 4.78 is 1.47. The van der Waals surface area contributed by atoms with Gasteiger partial charge in [0.2, 0.25) is 5.91 Å². The molecule has 3 amide bonds. The number of carbonyl (C=O) groups is 3. The van der Waals surface area contributed by atoms with Crippen molar-refractivity contribution in [3.05, 3.63) is 53.3 Å². The summed E-state index contributed by atoms with van der Waals surface area (Å²) in [6.45, 7) is 9.13. The van der Waals surface area contributed by atoms with E-state index in [0.29, 0.717) is 24.7 Å². The van der Waals surface area contributed by atoms with Gasteiger partial charge in [0.1, 0.15) is 11.2 Å². The van der Waals surface area contributed by atoms with E-state index in [2.05, 4.69) is 29.6 Å². The van der Waals surface area contributed by atoms with Crippen LogP contribution in [-0.4, -0.2) is 58.1 Å². The monoisotopic (exact) mass is 439 g/mol. The standard InChI is InChI=1S/C24H33N5O3/c1-16(2)11-12-25-23(32)24(4)15-29-20(22(31)28(24)5)13-19(27-29)21(30)26-14-17(3)18-9-7-6-8-10-18/h6-10,13,16-17H,11-12,14-15H2,1-5H3,(H,25,32)(H,26,30)/t17-,24-/m0/s1. The van der Waals surface area contributed by atoms with Crippen molar-refractivity contribution < 1.29 is 14.4 Å². The van der Waals surface area contributed by atoms with E-state index in [1.54, 1.807) is 14.0 Å². The average molecular weight is 440 g/mol. The van der Waals surface area contributed by atoms with Gasteiger partial charge in [-0.25, -0.2) is 0 Å². The highest BCUT2D eigenvalue weighted by molar-refractivity contribution is 6.01. The van der Waals surface area contributed by atoms with Crippen molar-refractivity contribution >= 4 is 17.7 Å². The molecule has 1 aromatic carbocycles. The number of nitrogens with one attached hydrogen (secondary N) is 2. The molecule has 0 saturated heterocycles. The molecule has 32 heavy (non-hydrogen) atoms. The maximum Gasteiger partial charge on any atom is 0.272 e. The first kappa shape index (κ1) is 23.5. The van der Waals surface area contributed by atoms with Crippen LogP contribution in [0.15, 0.2) is 36.4 Å². The Balaban J connectivity index is 1.69. The van der Waals surface area contributed by atoms with Gasteiger partial charge in [-0.2, -0.15) is 5.10 Å². The van der Waals surface area contributed by atoms with E-state index in [4.69, 9.17) is 0 Å². The minimum atomic E-state index is -1.08. The van der Waals surface area contributed by atoms with E-state index in [1.165, 1.54) is 15.6 Å². The van der Waals surface area contributed by atoms with E-state index in [9.17, 15) is 14.4 Å². The van der Waals surface area contributed by atoms with Crippen LogP contribution in [0.25, 0.3) is 0 Å². The number of hydrogen-bond donors (Lipinski definition) is 2. The molecule has 3 rings (SSSR count). The predicted octanol–water partition coefficient (Wildman–Crippen LogP) is 2.42. The summed E-state index contributed by atoms with van der Waals surface area (Å²) in [5.74, 6) is -0.284. The first-order valence-electron chi connectivity index (χ1n) is 11.1. The normalized spacial score (nSPS) is 18.9. The smallest absolute Gasteiger partial charge is 0.272 e. The third kappa shape index (κ3) is 4.84. The number of benzene rings is 1. The number of fused-ring (bicyclic) bond motifs is 1. The summed E-state index contributed by atoms with van der Waals surface area (Å²) in [7, 11) is 1.61. The van der Waals surface area contributed by atoms with Gasteiger partial charge >= 0.3 is 0 Å². The fraction of sp³-hybridized carbons (Fsp3) is 0.500. The second-order valence-electron chi connectivity index (χ2n) is 9.17. The Morgan fingerprint density at radius 1 is 1.16 bits per heavy atom. The minimum absolute atomic E-state index is 0.142. The average Bonchev–Trinajstić information content (AvgIpc) is 3.19. The molecule has 0 saturated carbocycles. The third-order valence-electron chi connectivity index (χ3n) is 6.17. The van der Waals surface area contributed by atoms with Crippen molar-refractivity contribution in [2.75, 3.05) is 20.1 Å². The highest BCUT2D eigenvalue weighted by atomic mass is 16.2. The number of nitrogens with zero attached hydrogens (tertiary/aromatic N) is 3. The molecule has 0 radical (unpaired) electrons. The fourth-order valence-electron chi connectivity index (χ4n) is 3.74. The number of amides is 3. The van der Waals surface area contributed by atoms with E-state index in [0.717, 1.165) is 12.0 Å². The Morgan fingerprint density at radius 2 is 1.84 bits per heavy atom. The molecule has 0 aliphatic carbocycles. The molecule has 1 aromatic heterocycles. The lowest BCUT2D eigenvalue weighted by molar-refractivity contribution is -0.132. The lowest BCUT2D eigenvalue weighted by atomic mass is 9.95. The second-order valence-corrected chi connectivity index (χ2v) is 9.17. The van der Waals surface area contributed by atoms with E-state index in [-0.39, 0.29) is 35.9 Å². The van der Waals surface area contributed by atoms with E-state index in [1.807, 2.05) is 37.3 Å². The van der Waals surface area contributed by atoms with Crippen LogP contribution in [-0.2, 0) is 11.3 Å². The Bertz CT molecular complexity index is 985. The minimum Gasteiger partial charge on any atom is -0.354 e. The van der Waals surface area contributed by atoms with Crippen LogP contribution in [0.5, 0.6) is 0 Å². The highest BCUT2D eigenvalue weighted by Gasteiger charge is 2.46. The summed E-state index contributed by atoms with van der Waals surface area (Å²) in [4.78, 5) is 40.0. The Kier molecular flexibility index (Phi) is 7.01. The van der Waals surface area contributed by atoms with Crippen LogP contribution < -0.4 is 10.6 Å². The van der Waals surface area contributed by atoms with Gasteiger partial charge in [0.15, 0.2) is 5.69 Å². The maximum atomic E-state index is 13.0. The van der Waals surface area contributed by atoms with Crippen LogP contribution in [0.1, 0.15) is 66.6 Å². The lowest BCUT2D eigenvalue weighted by Crippen LogP contribution is -2.62. The molecule has 8 nitrogen and oxygen atoms in total. The second kappa shape index (κ2) is 9.54. The van der Waals surface area contributed by atoms with Gasteiger partial charge in [-0.05, 0) is 30.7 Å². The number of hydrogen-bond acceptors (Lipinski definition) is 4. The molecular formula is C24H33N5O3. The van der Waals surface area contributed by atoms with Crippen molar-refractivity contribution in [3.63, 3.8) is 0 Å². The van der Waals surface area contributed by atoms with Crippen LogP contribution in [0.4, 0.5) is 0 Å². The zero-order chi connectivity index (χ0) is 23.5. The van der Waals surface area contributed by atoms with Gasteiger partial charge in [-0.15, -0.1) is 0 Å². The van der Waals surface area contributed by atoms with Crippen molar-refractivity contribution in [2.24, 2.45) is 5.92 Å². The topological polar surface area (TPSA) is 96.3 Å². The van der Waals surface area contributed by atoms with E-state index >= 15 is 0 Å². The molecule has 2 atom stereocenters. The third-order valence-corrected chi connectivity index (χ3v) is 6.17. The van der Waals surface area contributed by atoms with Gasteiger partial charge < -0.3 is 15.5 Å². The molecule has 2 heterocycles. The van der Waals surface area contributed by atoms with Crippen molar-refractivity contribution in [1.82, 2.24) is 25.3 Å². The molecule has 0 fully saturated rings. The van der Waals surface area contributed by atoms with Gasteiger partial charge in [-0.3, -0.25) is 19.1 Å². The summed E-state index contributed by atoms with van der Waals surface area (Å²) in [5, 5.41) is 10.2. The van der Waals surface area contributed by atoms with Crippen molar-refractivity contribution in [1.29, 1.82) is 0 Å². The van der Waals surface area contributed by atoms with Gasteiger partial charge in [-0.1, -0.05) is 51.1 Å². The number of rotatable bonds is 8. The van der Waals surface area contributed by atoms with Gasteiger partial charge in [0.25, 0.3) is 11.8 Å². The molecule has 8 heteroatoms. The molecule has 2 N–H and O–H groups in total. The Labute approximate surface area is 189 Å². The van der Waals surface area contributed by atoms with Crippen LogP contribution in [0.3, 0.4) is 0 Å². The first-order valence-corrected chi connectivity index (χ1v) is 11.1. The summed E-state index contributed by atoms with van der Waals surface area (Å²) in [6.07, 6.45) is 0.859. The van der Waals surface area contributed by atoms with Crippen LogP contribution in [0.2, 0.25) is 0 Å². The Hall–Kier alpha value is -3.16. The summed E-state index contributed by atoms with van der Waals surface area (Å²) in [5.41, 5.74) is 0.531. The van der Waals surface area contributed by atoms with Crippen molar-refractivity contribution in [2.45, 2.75) is 52.1 Å². The number of carbonyl (C=O) groups excluding carboxylic acids is 3. The number of aromatic nitrogens is 2. The summed E-state index contributed by atoms with van der Waals surface area (Å²) >= 11 is 0. The molecule has 2 aromatic rings. The molecule has 0 spiro atoms. The van der Waals surface area contributed by atoms with Crippen LogP contribution in [0, 0.1) is 5.92 Å². The quantitative estimate of drug-likeness (QED) is 0.660. The van der Waals surface area contributed by atoms with Gasteiger partial charge in [0, 0.05) is 26.2 Å². The van der Waals surface area contributed by atoms with Crippen molar-refractivity contribution in [3.8, 4) is 0 Å². The zero-order valence-corrected chi connectivity index (χ0v) is 19.5. The lowest BCUT2D eigenvalue weighted by Gasteiger charge is -2.40. The largest absolute Gasteiger partial charge is 0.354 e. The van der Waals surface area contributed by atoms with E-state index < -0.39 is 5.54 Å². The fourth-order valence-corrected chi connectivity index (χ4v) is 3.74. The predicted molar refractivity (Wildman–Crippen MR) is 122 cm³/mol. The van der Waals surface area contributed by atoms with Crippen LogP contribution >= 0.6 is 0 Å².